The molecule has 4 heteroatoms. The second-order valence-electron chi connectivity index (χ2n) is 7.99. The van der Waals surface area contributed by atoms with Crippen molar-refractivity contribution in [2.45, 2.75) is 19.8 Å². The first kappa shape index (κ1) is 23.4. The zero-order valence-electron chi connectivity index (χ0n) is 19.0. The van der Waals surface area contributed by atoms with Gasteiger partial charge in [-0.1, -0.05) is 60.7 Å². The number of ether oxygens (including phenoxy) is 1. The predicted octanol–water partition coefficient (Wildman–Crippen LogP) is 8.62. The highest BCUT2D eigenvalue weighted by atomic mass is 19.1. The van der Waals surface area contributed by atoms with Crippen LogP contribution in [0.15, 0.2) is 91.5 Å². The summed E-state index contributed by atoms with van der Waals surface area (Å²) in [6.07, 6.45) is 3.71. The fraction of sp³-hybridized carbons (Fsp3) is 0.133. The molecule has 0 saturated carbocycles. The third-order valence-corrected chi connectivity index (χ3v) is 5.72. The van der Waals surface area contributed by atoms with Crippen LogP contribution in [-0.4, -0.2) is 6.61 Å². The molecule has 1 nitrogen and oxygen atoms in total. The van der Waals surface area contributed by atoms with Gasteiger partial charge in [-0.25, -0.2) is 13.2 Å². The highest BCUT2D eigenvalue weighted by Crippen LogP contribution is 2.33. The largest absolute Gasteiger partial charge is 0.491 e. The number of aryl methyl sites for hydroxylation is 1. The van der Waals surface area contributed by atoms with Gasteiger partial charge in [0.1, 0.15) is 11.6 Å². The van der Waals surface area contributed by atoms with Crippen molar-refractivity contribution in [2.75, 3.05) is 6.61 Å². The lowest BCUT2D eigenvalue weighted by atomic mass is 9.96. The minimum absolute atomic E-state index is 0.122. The Labute approximate surface area is 198 Å². The average molecular weight is 459 g/mol. The van der Waals surface area contributed by atoms with Gasteiger partial charge in [0.25, 0.3) is 0 Å². The maximum absolute atomic E-state index is 15.0. The summed E-state index contributed by atoms with van der Waals surface area (Å²) >= 11 is 0. The normalized spacial score (nSPS) is 10.8. The summed E-state index contributed by atoms with van der Waals surface area (Å²) < 4.78 is 49.3. The molecule has 0 fully saturated rings. The summed E-state index contributed by atoms with van der Waals surface area (Å²) in [4.78, 5) is 0. The van der Waals surface area contributed by atoms with Gasteiger partial charge in [0.2, 0.25) is 0 Å². The molecule has 172 valence electrons. The van der Waals surface area contributed by atoms with Crippen molar-refractivity contribution in [3.05, 3.63) is 115 Å². The Bertz CT molecular complexity index is 1310. The molecular weight excluding hydrogens is 433 g/mol. The molecule has 0 radical (unpaired) electrons. The third-order valence-electron chi connectivity index (χ3n) is 5.72. The molecule has 0 saturated heterocycles. The van der Waals surface area contributed by atoms with Crippen LogP contribution in [-0.2, 0) is 6.42 Å². The number of hydrogen-bond acceptors (Lipinski definition) is 1. The molecule has 0 spiro atoms. The van der Waals surface area contributed by atoms with Crippen LogP contribution in [0.2, 0.25) is 0 Å². The van der Waals surface area contributed by atoms with Gasteiger partial charge >= 0.3 is 0 Å². The molecule has 4 aromatic carbocycles. The molecule has 4 rings (SSSR count). The minimum atomic E-state index is -0.557. The first-order chi connectivity index (χ1) is 16.5. The van der Waals surface area contributed by atoms with E-state index in [-0.39, 0.29) is 11.3 Å². The zero-order valence-corrected chi connectivity index (χ0v) is 19.0. The van der Waals surface area contributed by atoms with Gasteiger partial charge in [-0.3, -0.25) is 0 Å². The predicted molar refractivity (Wildman–Crippen MR) is 132 cm³/mol. The van der Waals surface area contributed by atoms with E-state index in [2.05, 4.69) is 6.58 Å². The van der Waals surface area contributed by atoms with E-state index in [4.69, 9.17) is 4.74 Å². The van der Waals surface area contributed by atoms with Gasteiger partial charge in [0.15, 0.2) is 11.6 Å². The van der Waals surface area contributed by atoms with Crippen LogP contribution in [0.25, 0.3) is 33.4 Å². The second-order valence-corrected chi connectivity index (χ2v) is 7.99. The summed E-state index contributed by atoms with van der Waals surface area (Å²) in [7, 11) is 0. The standard InChI is InChI=1S/C30H25F3O/c1-3-5-6-20-7-9-21(10-8-20)22-11-14-25(27(31)17-22)23-12-15-26(28(32)18-23)24-13-16-30(34-4-2)29(33)19-24/h3,7-19H,1,4-6H2,2H3. The lowest BCUT2D eigenvalue weighted by Gasteiger charge is -2.11. The number of allylic oxidation sites excluding steroid dienone is 1. The van der Waals surface area contributed by atoms with Crippen LogP contribution in [0.3, 0.4) is 0 Å². The van der Waals surface area contributed by atoms with E-state index in [9.17, 15) is 13.2 Å². The van der Waals surface area contributed by atoms with Crippen LogP contribution in [0, 0.1) is 17.5 Å². The monoisotopic (exact) mass is 458 g/mol. The first-order valence-electron chi connectivity index (χ1n) is 11.2. The van der Waals surface area contributed by atoms with Crippen molar-refractivity contribution in [3.63, 3.8) is 0 Å². The van der Waals surface area contributed by atoms with E-state index in [0.29, 0.717) is 23.3 Å². The summed E-state index contributed by atoms with van der Waals surface area (Å²) in [6, 6.07) is 21.7. The van der Waals surface area contributed by atoms with E-state index in [1.165, 1.54) is 35.9 Å². The van der Waals surface area contributed by atoms with Gasteiger partial charge < -0.3 is 4.74 Å². The molecule has 0 aliphatic rings. The molecule has 0 atom stereocenters. The molecule has 0 bridgehead atoms. The highest BCUT2D eigenvalue weighted by Gasteiger charge is 2.13. The molecule has 0 aliphatic heterocycles. The van der Waals surface area contributed by atoms with Crippen LogP contribution in [0.5, 0.6) is 5.75 Å². The van der Waals surface area contributed by atoms with E-state index in [0.717, 1.165) is 24.0 Å². The first-order valence-corrected chi connectivity index (χ1v) is 11.2. The maximum atomic E-state index is 15.0. The quantitative estimate of drug-likeness (QED) is 0.240. The summed E-state index contributed by atoms with van der Waals surface area (Å²) in [5, 5.41) is 0. The maximum Gasteiger partial charge on any atom is 0.165 e. The zero-order chi connectivity index (χ0) is 24.1. The van der Waals surface area contributed by atoms with Gasteiger partial charge in [-0.05, 0) is 71.8 Å². The van der Waals surface area contributed by atoms with E-state index in [1.54, 1.807) is 25.1 Å². The van der Waals surface area contributed by atoms with Crippen LogP contribution >= 0.6 is 0 Å². The molecule has 0 aromatic heterocycles. The van der Waals surface area contributed by atoms with Crippen LogP contribution in [0.4, 0.5) is 13.2 Å². The SMILES string of the molecule is C=CCCc1ccc(-c2ccc(-c3ccc(-c4ccc(OCC)c(F)c4)c(F)c3)c(F)c2)cc1. The molecule has 0 aliphatic carbocycles. The lowest BCUT2D eigenvalue weighted by Crippen LogP contribution is -1.95. The third kappa shape index (κ3) is 5.07. The van der Waals surface area contributed by atoms with Crippen molar-refractivity contribution in [1.29, 1.82) is 0 Å². The fourth-order valence-corrected chi connectivity index (χ4v) is 3.92. The highest BCUT2D eigenvalue weighted by molar-refractivity contribution is 5.74. The number of rotatable bonds is 8. The second kappa shape index (κ2) is 10.4. The van der Waals surface area contributed by atoms with Crippen molar-refractivity contribution < 1.29 is 17.9 Å². The van der Waals surface area contributed by atoms with Crippen molar-refractivity contribution in [1.82, 2.24) is 0 Å². The number of benzene rings is 4. The van der Waals surface area contributed by atoms with Gasteiger partial charge in [-0.2, -0.15) is 0 Å². The Morgan fingerprint density at radius 2 is 1.21 bits per heavy atom. The Balaban J connectivity index is 1.58. The van der Waals surface area contributed by atoms with Crippen molar-refractivity contribution in [2.24, 2.45) is 0 Å². The van der Waals surface area contributed by atoms with Gasteiger partial charge in [0.05, 0.1) is 6.61 Å². The molecule has 34 heavy (non-hydrogen) atoms. The Morgan fingerprint density at radius 1 is 0.676 bits per heavy atom. The Hall–Kier alpha value is -3.79. The smallest absolute Gasteiger partial charge is 0.165 e. The van der Waals surface area contributed by atoms with Crippen molar-refractivity contribution in [3.8, 4) is 39.1 Å². The minimum Gasteiger partial charge on any atom is -0.491 e. The molecule has 4 aromatic rings. The van der Waals surface area contributed by atoms with Gasteiger partial charge in [-0.15, -0.1) is 6.58 Å². The fourth-order valence-electron chi connectivity index (χ4n) is 3.92. The van der Waals surface area contributed by atoms with E-state index in [1.807, 2.05) is 36.4 Å². The molecular formula is C30H25F3O. The van der Waals surface area contributed by atoms with E-state index < -0.39 is 17.5 Å². The molecule has 0 N–H and O–H groups in total. The topological polar surface area (TPSA) is 9.23 Å². The number of hydrogen-bond donors (Lipinski definition) is 0. The molecule has 0 amide bonds. The Morgan fingerprint density at radius 3 is 1.76 bits per heavy atom. The average Bonchev–Trinajstić information content (AvgIpc) is 2.84. The summed E-state index contributed by atoms with van der Waals surface area (Å²) in [5.41, 5.74) is 4.19. The summed E-state index contributed by atoms with van der Waals surface area (Å²) in [6.45, 7) is 5.84. The summed E-state index contributed by atoms with van der Waals surface area (Å²) in [5.74, 6) is -1.43. The molecule has 0 heterocycles. The Kier molecular flexibility index (Phi) is 7.17. The lowest BCUT2D eigenvalue weighted by molar-refractivity contribution is 0.321. The van der Waals surface area contributed by atoms with Crippen molar-refractivity contribution >= 4 is 0 Å². The van der Waals surface area contributed by atoms with Crippen LogP contribution in [0.1, 0.15) is 18.9 Å². The van der Waals surface area contributed by atoms with Crippen LogP contribution < -0.4 is 4.74 Å². The molecule has 0 unspecified atom stereocenters. The van der Waals surface area contributed by atoms with Gasteiger partial charge in [0, 0.05) is 11.1 Å². The van der Waals surface area contributed by atoms with E-state index >= 15 is 0 Å². The number of halogens is 3.